The molecule has 0 amide bonds. The van der Waals surface area contributed by atoms with E-state index in [0.717, 1.165) is 19.8 Å². The largest absolute Gasteiger partial charge is 0.383 e. The van der Waals surface area contributed by atoms with Crippen molar-refractivity contribution < 1.29 is 5.11 Å². The quantitative estimate of drug-likeness (QED) is 0.887. The van der Waals surface area contributed by atoms with Crippen molar-refractivity contribution in [3.63, 3.8) is 0 Å². The van der Waals surface area contributed by atoms with Gasteiger partial charge in [-0.15, -0.1) is 11.3 Å². The predicted octanol–water partition coefficient (Wildman–Crippen LogP) is 3.96. The van der Waals surface area contributed by atoms with Crippen LogP contribution in [0.2, 0.25) is 0 Å². The van der Waals surface area contributed by atoms with Gasteiger partial charge in [0.1, 0.15) is 6.10 Å². The molecule has 0 radical (unpaired) electrons. The molecule has 0 spiro atoms. The molecule has 2 rings (SSSR count). The minimum absolute atomic E-state index is 0.474. The van der Waals surface area contributed by atoms with Crippen LogP contribution >= 0.6 is 38.6 Å². The number of rotatable bonds is 2. The van der Waals surface area contributed by atoms with E-state index >= 15 is 0 Å². The first kappa shape index (κ1) is 10.4. The molecule has 0 aliphatic carbocycles. The van der Waals surface area contributed by atoms with Crippen LogP contribution in [0.3, 0.4) is 0 Å². The summed E-state index contributed by atoms with van der Waals surface area (Å²) in [5.74, 6) is 0. The second-order valence-corrected chi connectivity index (χ2v) is 6.29. The molecular formula is C10H9BrOS2. The van der Waals surface area contributed by atoms with E-state index in [1.807, 2.05) is 24.4 Å². The lowest BCUT2D eigenvalue weighted by atomic mass is 10.1. The van der Waals surface area contributed by atoms with E-state index in [1.165, 1.54) is 0 Å². The van der Waals surface area contributed by atoms with Crippen LogP contribution in [0.25, 0.3) is 0 Å². The highest BCUT2D eigenvalue weighted by Crippen LogP contribution is 2.33. The summed E-state index contributed by atoms with van der Waals surface area (Å²) >= 11 is 6.60. The van der Waals surface area contributed by atoms with Gasteiger partial charge in [0.15, 0.2) is 0 Å². The van der Waals surface area contributed by atoms with Crippen molar-refractivity contribution in [1.29, 1.82) is 0 Å². The van der Waals surface area contributed by atoms with Crippen LogP contribution in [-0.2, 0) is 0 Å². The van der Waals surface area contributed by atoms with E-state index < -0.39 is 6.10 Å². The highest BCUT2D eigenvalue weighted by atomic mass is 79.9. The summed E-state index contributed by atoms with van der Waals surface area (Å²) in [7, 11) is 0. The van der Waals surface area contributed by atoms with Gasteiger partial charge in [0.25, 0.3) is 0 Å². The lowest BCUT2D eigenvalue weighted by molar-refractivity contribution is 0.224. The van der Waals surface area contributed by atoms with E-state index in [0.29, 0.717) is 0 Å². The Morgan fingerprint density at radius 1 is 1.36 bits per heavy atom. The van der Waals surface area contributed by atoms with Gasteiger partial charge in [0, 0.05) is 4.88 Å². The van der Waals surface area contributed by atoms with Crippen molar-refractivity contribution in [2.45, 2.75) is 13.0 Å². The summed E-state index contributed by atoms with van der Waals surface area (Å²) in [6.07, 6.45) is -0.474. The minimum atomic E-state index is -0.474. The minimum Gasteiger partial charge on any atom is -0.383 e. The topological polar surface area (TPSA) is 20.2 Å². The number of thiophene rings is 2. The zero-order valence-electron chi connectivity index (χ0n) is 7.53. The van der Waals surface area contributed by atoms with Crippen molar-refractivity contribution >= 4 is 38.6 Å². The summed E-state index contributed by atoms with van der Waals surface area (Å²) in [6, 6.07) is 3.92. The zero-order valence-corrected chi connectivity index (χ0v) is 10.7. The Bertz CT molecular complexity index is 433. The van der Waals surface area contributed by atoms with Gasteiger partial charge in [-0.05, 0) is 56.9 Å². The van der Waals surface area contributed by atoms with Gasteiger partial charge in [-0.1, -0.05) is 0 Å². The molecule has 4 heteroatoms. The maximum Gasteiger partial charge on any atom is 0.114 e. The number of aliphatic hydroxyl groups is 1. The van der Waals surface area contributed by atoms with Gasteiger partial charge >= 0.3 is 0 Å². The maximum absolute atomic E-state index is 10.1. The predicted molar refractivity (Wildman–Crippen MR) is 65.1 cm³/mol. The first-order chi connectivity index (χ1) is 6.68. The van der Waals surface area contributed by atoms with E-state index in [4.69, 9.17) is 0 Å². The molecule has 0 saturated carbocycles. The van der Waals surface area contributed by atoms with Gasteiger partial charge in [-0.25, -0.2) is 0 Å². The molecule has 0 bridgehead atoms. The number of halogens is 1. The maximum atomic E-state index is 10.1. The Morgan fingerprint density at radius 3 is 2.64 bits per heavy atom. The number of hydrogen-bond donors (Lipinski definition) is 1. The van der Waals surface area contributed by atoms with Crippen molar-refractivity contribution in [1.82, 2.24) is 0 Å². The third-order valence-electron chi connectivity index (χ3n) is 2.05. The Labute approximate surface area is 99.2 Å². The highest BCUT2D eigenvalue weighted by Gasteiger charge is 2.15. The SMILES string of the molecule is Cc1cscc1C(O)c1ccc(Br)s1. The molecule has 2 heterocycles. The summed E-state index contributed by atoms with van der Waals surface area (Å²) in [6.45, 7) is 2.03. The fourth-order valence-corrected chi connectivity index (χ4v) is 3.58. The van der Waals surface area contributed by atoms with E-state index in [1.54, 1.807) is 22.7 Å². The Morgan fingerprint density at radius 2 is 2.14 bits per heavy atom. The van der Waals surface area contributed by atoms with Crippen LogP contribution in [0, 0.1) is 6.92 Å². The standard InChI is InChI=1S/C10H9BrOS2/c1-6-4-13-5-7(6)10(12)8-2-3-9(11)14-8/h2-5,10,12H,1H3. The number of aliphatic hydroxyl groups excluding tert-OH is 1. The first-order valence-corrected chi connectivity index (χ1v) is 6.69. The van der Waals surface area contributed by atoms with E-state index in [-0.39, 0.29) is 0 Å². The molecule has 14 heavy (non-hydrogen) atoms. The molecule has 0 aromatic carbocycles. The average molecular weight is 289 g/mol. The molecule has 2 aromatic heterocycles. The molecule has 1 nitrogen and oxygen atoms in total. The lowest BCUT2D eigenvalue weighted by Crippen LogP contribution is -1.96. The van der Waals surface area contributed by atoms with Gasteiger partial charge < -0.3 is 5.11 Å². The lowest BCUT2D eigenvalue weighted by Gasteiger charge is -2.07. The Balaban J connectivity index is 2.33. The Hall–Kier alpha value is -0.160. The van der Waals surface area contributed by atoms with Gasteiger partial charge in [0.2, 0.25) is 0 Å². The summed E-state index contributed by atoms with van der Waals surface area (Å²) in [5.41, 5.74) is 2.18. The van der Waals surface area contributed by atoms with Crippen molar-refractivity contribution in [3.05, 3.63) is 42.7 Å². The van der Waals surface area contributed by atoms with E-state index in [9.17, 15) is 5.11 Å². The van der Waals surface area contributed by atoms with Crippen LogP contribution in [-0.4, -0.2) is 5.11 Å². The molecule has 1 unspecified atom stereocenters. The molecule has 2 aromatic rings. The third kappa shape index (κ3) is 1.93. The molecule has 0 aliphatic heterocycles. The first-order valence-electron chi connectivity index (χ1n) is 4.14. The third-order valence-corrected chi connectivity index (χ3v) is 4.61. The molecule has 0 aliphatic rings. The molecular weight excluding hydrogens is 280 g/mol. The summed E-state index contributed by atoms with van der Waals surface area (Å²) in [4.78, 5) is 0.985. The number of aryl methyl sites for hydroxylation is 1. The van der Waals surface area contributed by atoms with Crippen LogP contribution in [0.15, 0.2) is 26.7 Å². The highest BCUT2D eigenvalue weighted by molar-refractivity contribution is 9.11. The fourth-order valence-electron chi connectivity index (χ4n) is 1.28. The van der Waals surface area contributed by atoms with Crippen LogP contribution in [0.4, 0.5) is 0 Å². The van der Waals surface area contributed by atoms with Crippen molar-refractivity contribution in [3.8, 4) is 0 Å². The molecule has 1 atom stereocenters. The molecule has 0 saturated heterocycles. The van der Waals surface area contributed by atoms with Crippen molar-refractivity contribution in [2.24, 2.45) is 0 Å². The summed E-state index contributed by atoms with van der Waals surface area (Å²) < 4.78 is 1.06. The van der Waals surface area contributed by atoms with Gasteiger partial charge in [0.05, 0.1) is 3.79 Å². The van der Waals surface area contributed by atoms with Crippen molar-refractivity contribution in [2.75, 3.05) is 0 Å². The number of hydrogen-bond acceptors (Lipinski definition) is 3. The zero-order chi connectivity index (χ0) is 10.1. The molecule has 74 valence electrons. The van der Waals surface area contributed by atoms with Crippen LogP contribution in [0.1, 0.15) is 22.1 Å². The van der Waals surface area contributed by atoms with Gasteiger partial charge in [-0.3, -0.25) is 0 Å². The normalized spacial score (nSPS) is 13.1. The average Bonchev–Trinajstić information content (AvgIpc) is 2.73. The van der Waals surface area contributed by atoms with E-state index in [2.05, 4.69) is 21.3 Å². The second kappa shape index (κ2) is 4.14. The van der Waals surface area contributed by atoms with Crippen LogP contribution in [0.5, 0.6) is 0 Å². The summed E-state index contributed by atoms with van der Waals surface area (Å²) in [5, 5.41) is 14.1. The molecule has 1 N–H and O–H groups in total. The fraction of sp³-hybridized carbons (Fsp3) is 0.200. The smallest absolute Gasteiger partial charge is 0.114 e. The monoisotopic (exact) mass is 288 g/mol. The Kier molecular flexibility index (Phi) is 3.07. The van der Waals surface area contributed by atoms with Crippen LogP contribution < -0.4 is 0 Å². The second-order valence-electron chi connectivity index (χ2n) is 3.05. The van der Waals surface area contributed by atoms with Gasteiger partial charge in [-0.2, -0.15) is 11.3 Å². The molecule has 0 fully saturated rings.